The van der Waals surface area contributed by atoms with Crippen LogP contribution in [-0.2, 0) is 4.79 Å². The van der Waals surface area contributed by atoms with Gasteiger partial charge in [-0.1, -0.05) is 13.8 Å². The fraction of sp³-hybridized carbons (Fsp3) is 0.900. The number of hydrogen-bond donors (Lipinski definition) is 2. The minimum atomic E-state index is 0.110. The first kappa shape index (κ1) is 10.5. The van der Waals surface area contributed by atoms with Crippen molar-refractivity contribution >= 4 is 5.91 Å². The molecule has 3 nitrogen and oxygen atoms in total. The molecule has 1 amide bonds. The van der Waals surface area contributed by atoms with Crippen molar-refractivity contribution in [3.8, 4) is 0 Å². The van der Waals surface area contributed by atoms with Crippen LogP contribution in [0.2, 0.25) is 0 Å². The van der Waals surface area contributed by atoms with E-state index in [0.717, 1.165) is 25.3 Å². The Morgan fingerprint density at radius 1 is 1.62 bits per heavy atom. The summed E-state index contributed by atoms with van der Waals surface area (Å²) in [6.07, 6.45) is 3.12. The lowest BCUT2D eigenvalue weighted by Crippen LogP contribution is -2.28. The van der Waals surface area contributed by atoms with Crippen molar-refractivity contribution in [2.45, 2.75) is 39.2 Å². The molecule has 1 rings (SSSR count). The van der Waals surface area contributed by atoms with E-state index in [2.05, 4.69) is 19.2 Å². The van der Waals surface area contributed by atoms with Crippen LogP contribution in [0, 0.1) is 11.8 Å². The number of carbonyl (C=O) groups is 1. The van der Waals surface area contributed by atoms with Crippen LogP contribution >= 0.6 is 0 Å². The van der Waals surface area contributed by atoms with Crippen molar-refractivity contribution in [3.63, 3.8) is 0 Å². The maximum atomic E-state index is 11.3. The van der Waals surface area contributed by atoms with E-state index < -0.39 is 0 Å². The van der Waals surface area contributed by atoms with Gasteiger partial charge in [-0.15, -0.1) is 0 Å². The summed E-state index contributed by atoms with van der Waals surface area (Å²) in [4.78, 5) is 11.3. The highest BCUT2D eigenvalue weighted by Crippen LogP contribution is 2.27. The number of hydrogen-bond acceptors (Lipinski definition) is 2. The first-order valence-corrected chi connectivity index (χ1v) is 5.14. The summed E-state index contributed by atoms with van der Waals surface area (Å²) >= 11 is 0. The summed E-state index contributed by atoms with van der Waals surface area (Å²) in [7, 11) is 0. The van der Waals surface area contributed by atoms with Gasteiger partial charge >= 0.3 is 0 Å². The number of nitrogens with two attached hydrogens (primary N) is 1. The van der Waals surface area contributed by atoms with Crippen molar-refractivity contribution < 1.29 is 4.79 Å². The van der Waals surface area contributed by atoms with Gasteiger partial charge in [0.15, 0.2) is 0 Å². The Hall–Kier alpha value is -0.570. The smallest absolute Gasteiger partial charge is 0.224 e. The van der Waals surface area contributed by atoms with Crippen LogP contribution in [0.25, 0.3) is 0 Å². The molecule has 0 radical (unpaired) electrons. The predicted octanol–water partition coefficient (Wildman–Crippen LogP) is 0.886. The highest BCUT2D eigenvalue weighted by Gasteiger charge is 2.39. The predicted molar refractivity (Wildman–Crippen MR) is 53.2 cm³/mol. The van der Waals surface area contributed by atoms with Crippen molar-refractivity contribution in [3.05, 3.63) is 0 Å². The molecule has 1 aliphatic carbocycles. The number of carbonyl (C=O) groups excluding carboxylic acids is 1. The average Bonchev–Trinajstić information content (AvgIpc) is 2.75. The number of nitrogens with one attached hydrogen (secondary N) is 1. The van der Waals surface area contributed by atoms with Crippen molar-refractivity contribution in [2.75, 3.05) is 6.54 Å². The molecule has 1 aliphatic rings. The summed E-state index contributed by atoms with van der Waals surface area (Å²) in [5.74, 6) is 0.982. The van der Waals surface area contributed by atoms with E-state index in [1.165, 1.54) is 6.42 Å². The summed E-state index contributed by atoms with van der Waals surface area (Å²) in [6.45, 7) is 5.19. The van der Waals surface area contributed by atoms with E-state index in [-0.39, 0.29) is 17.9 Å². The molecule has 0 aromatic carbocycles. The molecular formula is C10H20N2O. The highest BCUT2D eigenvalue weighted by molar-refractivity contribution is 5.82. The van der Waals surface area contributed by atoms with Crippen LogP contribution in [-0.4, -0.2) is 18.5 Å². The fourth-order valence-electron chi connectivity index (χ4n) is 1.37. The molecule has 0 aromatic heterocycles. The van der Waals surface area contributed by atoms with Crippen LogP contribution in [0.4, 0.5) is 0 Å². The Balaban J connectivity index is 1.97. The lowest BCUT2D eigenvalue weighted by molar-refractivity contribution is -0.122. The van der Waals surface area contributed by atoms with Crippen LogP contribution in [0.1, 0.15) is 33.1 Å². The zero-order valence-corrected chi connectivity index (χ0v) is 8.55. The second-order valence-corrected chi connectivity index (χ2v) is 4.33. The first-order chi connectivity index (χ1) is 6.11. The zero-order valence-electron chi connectivity index (χ0n) is 8.55. The quantitative estimate of drug-likeness (QED) is 0.623. The second kappa shape index (κ2) is 4.61. The maximum absolute atomic E-state index is 11.3. The fourth-order valence-corrected chi connectivity index (χ4v) is 1.37. The molecule has 2 atom stereocenters. The van der Waals surface area contributed by atoms with Gasteiger partial charge < -0.3 is 11.1 Å². The Morgan fingerprint density at radius 2 is 2.23 bits per heavy atom. The second-order valence-electron chi connectivity index (χ2n) is 4.33. The lowest BCUT2D eigenvalue weighted by atomic mass is 10.1. The summed E-state index contributed by atoms with van der Waals surface area (Å²) in [5.41, 5.74) is 5.56. The summed E-state index contributed by atoms with van der Waals surface area (Å²) < 4.78 is 0. The lowest BCUT2D eigenvalue weighted by Gasteiger charge is -2.05. The van der Waals surface area contributed by atoms with Crippen LogP contribution in [0.15, 0.2) is 0 Å². The molecule has 0 bridgehead atoms. The third-order valence-electron chi connectivity index (χ3n) is 2.43. The van der Waals surface area contributed by atoms with Gasteiger partial charge in [0.05, 0.1) is 5.92 Å². The monoisotopic (exact) mass is 184 g/mol. The van der Waals surface area contributed by atoms with Gasteiger partial charge in [-0.3, -0.25) is 4.79 Å². The Kier molecular flexibility index (Phi) is 3.72. The first-order valence-electron chi connectivity index (χ1n) is 5.14. The van der Waals surface area contributed by atoms with Gasteiger partial charge in [-0.25, -0.2) is 0 Å². The molecule has 76 valence electrons. The van der Waals surface area contributed by atoms with Crippen molar-refractivity contribution in [2.24, 2.45) is 17.6 Å². The molecule has 0 aromatic rings. The van der Waals surface area contributed by atoms with Crippen molar-refractivity contribution in [1.82, 2.24) is 5.32 Å². The van der Waals surface area contributed by atoms with E-state index in [1.807, 2.05) is 0 Å². The minimum Gasteiger partial charge on any atom is -0.356 e. The standard InChI is InChI=1S/C10H20N2O/c1-7(2)4-3-5-12-10(13)8-6-9(8)11/h7-9H,3-6,11H2,1-2H3,(H,12,13). The van der Waals surface area contributed by atoms with Gasteiger partial charge in [0, 0.05) is 12.6 Å². The minimum absolute atomic E-state index is 0.110. The Morgan fingerprint density at radius 3 is 2.69 bits per heavy atom. The molecule has 3 heteroatoms. The normalized spacial score (nSPS) is 26.2. The van der Waals surface area contributed by atoms with Gasteiger partial charge in [0.25, 0.3) is 0 Å². The molecule has 1 fully saturated rings. The van der Waals surface area contributed by atoms with Gasteiger partial charge in [-0.2, -0.15) is 0 Å². The average molecular weight is 184 g/mol. The molecule has 13 heavy (non-hydrogen) atoms. The molecular weight excluding hydrogens is 164 g/mol. The largest absolute Gasteiger partial charge is 0.356 e. The molecule has 0 spiro atoms. The van der Waals surface area contributed by atoms with Crippen LogP contribution in [0.3, 0.4) is 0 Å². The van der Waals surface area contributed by atoms with Crippen LogP contribution in [0.5, 0.6) is 0 Å². The third kappa shape index (κ3) is 3.77. The summed E-state index contributed by atoms with van der Waals surface area (Å²) in [6, 6.07) is 0.130. The Bertz CT molecular complexity index is 180. The molecule has 0 aliphatic heterocycles. The van der Waals surface area contributed by atoms with E-state index in [0.29, 0.717) is 0 Å². The zero-order chi connectivity index (χ0) is 9.84. The van der Waals surface area contributed by atoms with E-state index in [4.69, 9.17) is 5.73 Å². The Labute approximate surface area is 80.1 Å². The van der Waals surface area contributed by atoms with Crippen molar-refractivity contribution in [1.29, 1.82) is 0 Å². The molecule has 1 saturated carbocycles. The molecule has 0 heterocycles. The maximum Gasteiger partial charge on any atom is 0.224 e. The highest BCUT2D eigenvalue weighted by atomic mass is 16.2. The van der Waals surface area contributed by atoms with Gasteiger partial charge in [0.1, 0.15) is 0 Å². The van der Waals surface area contributed by atoms with E-state index in [1.54, 1.807) is 0 Å². The summed E-state index contributed by atoms with van der Waals surface area (Å²) in [5, 5.41) is 2.91. The number of rotatable bonds is 5. The molecule has 0 saturated heterocycles. The SMILES string of the molecule is CC(C)CCCNC(=O)C1CC1N. The topological polar surface area (TPSA) is 55.1 Å². The van der Waals surface area contributed by atoms with Crippen LogP contribution < -0.4 is 11.1 Å². The molecule has 2 unspecified atom stereocenters. The van der Waals surface area contributed by atoms with Gasteiger partial charge in [0.2, 0.25) is 5.91 Å². The number of amides is 1. The molecule has 3 N–H and O–H groups in total. The van der Waals surface area contributed by atoms with E-state index in [9.17, 15) is 4.79 Å². The van der Waals surface area contributed by atoms with E-state index >= 15 is 0 Å². The van der Waals surface area contributed by atoms with Gasteiger partial charge in [-0.05, 0) is 25.2 Å². The third-order valence-corrected chi connectivity index (χ3v) is 2.43.